The number of nitrogens with zero attached hydrogens (tertiary/aromatic N) is 3. The van der Waals surface area contributed by atoms with Gasteiger partial charge in [-0.2, -0.15) is 18.2 Å². The molecule has 0 saturated carbocycles. The van der Waals surface area contributed by atoms with Gasteiger partial charge in [0, 0.05) is 13.1 Å². The second-order valence-electron chi connectivity index (χ2n) is 6.64. The average molecular weight is 544 g/mol. The minimum atomic E-state index is -4.89. The van der Waals surface area contributed by atoms with Crippen LogP contribution < -0.4 is 20.7 Å². The Morgan fingerprint density at radius 1 is 1.12 bits per heavy atom. The van der Waals surface area contributed by atoms with Crippen molar-refractivity contribution in [3.63, 3.8) is 0 Å². The Bertz CT molecular complexity index is 1340. The van der Waals surface area contributed by atoms with Crippen LogP contribution in [0.25, 0.3) is 5.82 Å². The fraction of sp³-hybridized carbons (Fsp3) is 0.238. The molecule has 13 heteroatoms. The Kier molecular flexibility index (Phi) is 7.44. The van der Waals surface area contributed by atoms with Crippen LogP contribution in [0.3, 0.4) is 0 Å². The molecule has 0 spiro atoms. The molecule has 0 radical (unpaired) electrons. The van der Waals surface area contributed by atoms with Crippen LogP contribution in [0.1, 0.15) is 12.6 Å². The number of esters is 1. The van der Waals surface area contributed by atoms with Gasteiger partial charge in [0.25, 0.3) is 5.56 Å². The van der Waals surface area contributed by atoms with E-state index in [0.717, 1.165) is 7.05 Å². The van der Waals surface area contributed by atoms with Crippen LogP contribution in [-0.4, -0.2) is 33.3 Å². The monoisotopic (exact) mass is 543 g/mol. The van der Waals surface area contributed by atoms with E-state index in [4.69, 9.17) is 14.2 Å². The third-order valence-corrected chi connectivity index (χ3v) is 4.95. The fourth-order valence-electron chi connectivity index (χ4n) is 2.82. The molecular formula is C21H17BrF3N3O6. The van der Waals surface area contributed by atoms with Crippen molar-refractivity contribution in [2.75, 3.05) is 13.2 Å². The van der Waals surface area contributed by atoms with Crippen molar-refractivity contribution < 1.29 is 32.2 Å². The number of hydrogen-bond acceptors (Lipinski definition) is 7. The van der Waals surface area contributed by atoms with Crippen molar-refractivity contribution in [1.29, 1.82) is 0 Å². The summed E-state index contributed by atoms with van der Waals surface area (Å²) >= 11 is 3.24. The SMILES string of the molecule is CCOC(=O)COc1ccccc1Oc1nc(-n2c(=O)cc(C(F)(F)F)n(C)c2=O)ccc1Br. The zero-order valence-corrected chi connectivity index (χ0v) is 19.3. The Morgan fingerprint density at radius 3 is 2.44 bits per heavy atom. The quantitative estimate of drug-likeness (QED) is 0.420. The van der Waals surface area contributed by atoms with Gasteiger partial charge >= 0.3 is 17.8 Å². The van der Waals surface area contributed by atoms with Crippen LogP contribution in [0.2, 0.25) is 0 Å². The van der Waals surface area contributed by atoms with Crippen molar-refractivity contribution in [2.45, 2.75) is 13.1 Å². The Labute approximate surface area is 198 Å². The van der Waals surface area contributed by atoms with Gasteiger partial charge in [-0.25, -0.2) is 14.2 Å². The molecule has 9 nitrogen and oxygen atoms in total. The van der Waals surface area contributed by atoms with Gasteiger partial charge in [-0.1, -0.05) is 12.1 Å². The predicted octanol–water partition coefficient (Wildman–Crippen LogP) is 3.45. The van der Waals surface area contributed by atoms with E-state index in [1.807, 2.05) is 0 Å². The number of rotatable bonds is 7. The minimum Gasteiger partial charge on any atom is -0.478 e. The molecule has 0 atom stereocenters. The molecule has 0 bridgehead atoms. The lowest BCUT2D eigenvalue weighted by molar-refractivity contribution is -0.145. The van der Waals surface area contributed by atoms with E-state index >= 15 is 0 Å². The molecule has 0 amide bonds. The van der Waals surface area contributed by atoms with E-state index in [1.165, 1.54) is 24.3 Å². The first-order chi connectivity index (χ1) is 16.0. The normalized spacial score (nSPS) is 11.2. The molecule has 0 N–H and O–H groups in total. The molecule has 3 rings (SSSR count). The highest BCUT2D eigenvalue weighted by atomic mass is 79.9. The van der Waals surface area contributed by atoms with Gasteiger partial charge < -0.3 is 14.2 Å². The molecule has 0 aliphatic rings. The minimum absolute atomic E-state index is 0.112. The maximum Gasteiger partial charge on any atom is 0.431 e. The fourth-order valence-corrected chi connectivity index (χ4v) is 3.12. The summed E-state index contributed by atoms with van der Waals surface area (Å²) < 4.78 is 56.4. The summed E-state index contributed by atoms with van der Waals surface area (Å²) in [5, 5.41) is 0. The summed E-state index contributed by atoms with van der Waals surface area (Å²) in [5.74, 6) is -0.640. The number of pyridine rings is 1. The van der Waals surface area contributed by atoms with Gasteiger partial charge in [0.1, 0.15) is 11.5 Å². The molecule has 0 fully saturated rings. The maximum absolute atomic E-state index is 13.1. The largest absolute Gasteiger partial charge is 0.478 e. The molecule has 180 valence electrons. The lowest BCUT2D eigenvalue weighted by Crippen LogP contribution is -2.41. The smallest absolute Gasteiger partial charge is 0.431 e. The number of ether oxygens (including phenoxy) is 3. The van der Waals surface area contributed by atoms with E-state index in [2.05, 4.69) is 20.9 Å². The molecule has 0 aliphatic heterocycles. The summed E-state index contributed by atoms with van der Waals surface area (Å²) in [4.78, 5) is 40.6. The number of carbonyl (C=O) groups excluding carboxylic acids is 1. The second kappa shape index (κ2) is 10.1. The standard InChI is InChI=1S/C21H17BrF3N3O6/c1-3-32-18(30)11-33-13-6-4-5-7-14(13)34-19-12(22)8-9-16(26-19)28-17(29)10-15(21(23,24)25)27(2)20(28)31/h4-10H,3,11H2,1-2H3. The number of halogens is 4. The molecule has 1 aromatic carbocycles. The van der Waals surface area contributed by atoms with Gasteiger partial charge in [0.2, 0.25) is 5.88 Å². The Hall–Kier alpha value is -3.61. The van der Waals surface area contributed by atoms with Crippen molar-refractivity contribution in [1.82, 2.24) is 14.1 Å². The highest BCUT2D eigenvalue weighted by molar-refractivity contribution is 9.10. The first-order valence-corrected chi connectivity index (χ1v) is 10.4. The molecule has 2 heterocycles. The first kappa shape index (κ1) is 25.0. The molecule has 0 saturated heterocycles. The van der Waals surface area contributed by atoms with Gasteiger partial charge in [0.05, 0.1) is 11.1 Å². The number of aromatic nitrogens is 3. The molecule has 2 aromatic heterocycles. The lowest BCUT2D eigenvalue weighted by atomic mass is 10.3. The van der Waals surface area contributed by atoms with Crippen LogP contribution in [-0.2, 0) is 22.8 Å². The third-order valence-electron chi connectivity index (χ3n) is 4.35. The summed E-state index contributed by atoms with van der Waals surface area (Å²) in [6.45, 7) is 1.47. The second-order valence-corrected chi connectivity index (χ2v) is 7.50. The van der Waals surface area contributed by atoms with Crippen LogP contribution in [0, 0.1) is 0 Å². The highest BCUT2D eigenvalue weighted by Gasteiger charge is 2.35. The molecular weight excluding hydrogens is 527 g/mol. The molecule has 0 aliphatic carbocycles. The number of benzene rings is 1. The van der Waals surface area contributed by atoms with E-state index in [0.29, 0.717) is 19.7 Å². The van der Waals surface area contributed by atoms with Crippen LogP contribution >= 0.6 is 15.9 Å². The van der Waals surface area contributed by atoms with Gasteiger partial charge in [0.15, 0.2) is 18.1 Å². The van der Waals surface area contributed by atoms with Crippen LogP contribution in [0.5, 0.6) is 17.4 Å². The highest BCUT2D eigenvalue weighted by Crippen LogP contribution is 2.34. The maximum atomic E-state index is 13.1. The number of para-hydroxylation sites is 2. The molecule has 3 aromatic rings. The molecule has 34 heavy (non-hydrogen) atoms. The zero-order chi connectivity index (χ0) is 25.0. The van der Waals surface area contributed by atoms with Crippen LogP contribution in [0.4, 0.5) is 13.2 Å². The zero-order valence-electron chi connectivity index (χ0n) is 17.8. The van der Waals surface area contributed by atoms with Crippen molar-refractivity contribution in [3.8, 4) is 23.2 Å². The van der Waals surface area contributed by atoms with Crippen molar-refractivity contribution in [3.05, 3.63) is 73.5 Å². The van der Waals surface area contributed by atoms with Crippen molar-refractivity contribution >= 4 is 21.9 Å². The van der Waals surface area contributed by atoms with Gasteiger partial charge in [-0.3, -0.25) is 9.36 Å². The Balaban J connectivity index is 1.99. The topological polar surface area (TPSA) is 102 Å². The summed E-state index contributed by atoms with van der Waals surface area (Å²) in [5.41, 5.74) is -3.84. The van der Waals surface area contributed by atoms with E-state index in [9.17, 15) is 27.6 Å². The third kappa shape index (κ3) is 5.47. The van der Waals surface area contributed by atoms with Gasteiger partial charge in [-0.15, -0.1) is 0 Å². The van der Waals surface area contributed by atoms with Crippen LogP contribution in [0.15, 0.2) is 56.5 Å². The van der Waals surface area contributed by atoms with Gasteiger partial charge in [-0.05, 0) is 47.1 Å². The molecule has 0 unspecified atom stereocenters. The average Bonchev–Trinajstić information content (AvgIpc) is 2.77. The van der Waals surface area contributed by atoms with E-state index < -0.39 is 29.1 Å². The Morgan fingerprint density at radius 2 is 1.79 bits per heavy atom. The summed E-state index contributed by atoms with van der Waals surface area (Å²) in [6.07, 6.45) is -4.89. The van der Waals surface area contributed by atoms with Crippen molar-refractivity contribution in [2.24, 2.45) is 7.05 Å². The first-order valence-electron chi connectivity index (χ1n) is 9.65. The summed E-state index contributed by atoms with van der Waals surface area (Å²) in [6, 6.07) is 9.29. The van der Waals surface area contributed by atoms with E-state index in [1.54, 1.807) is 19.1 Å². The predicted molar refractivity (Wildman–Crippen MR) is 116 cm³/mol. The number of alkyl halides is 3. The number of hydrogen-bond donors (Lipinski definition) is 0. The lowest BCUT2D eigenvalue weighted by Gasteiger charge is -2.15. The van der Waals surface area contributed by atoms with E-state index in [-0.39, 0.29) is 36.4 Å². The number of carbonyl (C=O) groups is 1. The summed E-state index contributed by atoms with van der Waals surface area (Å²) in [7, 11) is 0.897.